The Labute approximate surface area is 96.5 Å². The minimum Gasteiger partial charge on any atom is -0.379 e. The molecule has 0 fully saturated rings. The maximum atomic E-state index is 12.6. The third-order valence-corrected chi connectivity index (χ3v) is 2.77. The Bertz CT molecular complexity index is 546. The number of aliphatic hydroxyl groups is 1. The van der Waals surface area contributed by atoms with Crippen LogP contribution in [0.15, 0.2) is 36.4 Å². The van der Waals surface area contributed by atoms with Crippen molar-refractivity contribution in [2.45, 2.75) is 19.2 Å². The van der Waals surface area contributed by atoms with E-state index in [-0.39, 0.29) is 5.56 Å². The second-order valence-corrected chi connectivity index (χ2v) is 3.96. The average Bonchev–Trinajstić information content (AvgIpc) is 2.27. The molecule has 2 rings (SSSR count). The first kappa shape index (κ1) is 11.9. The van der Waals surface area contributed by atoms with Gasteiger partial charge in [-0.05, 0) is 23.3 Å². The summed E-state index contributed by atoms with van der Waals surface area (Å²) >= 11 is 0. The van der Waals surface area contributed by atoms with Crippen LogP contribution in [-0.2, 0) is 0 Å². The smallest absolute Gasteiger partial charge is 0.379 e. The lowest BCUT2D eigenvalue weighted by molar-refractivity contribution is -0.206. The molecule has 0 heterocycles. The zero-order valence-corrected chi connectivity index (χ0v) is 9.12. The molecule has 0 aliphatic heterocycles. The summed E-state index contributed by atoms with van der Waals surface area (Å²) in [5.74, 6) is 0. The monoisotopic (exact) mass is 240 g/mol. The maximum Gasteiger partial charge on any atom is 0.418 e. The minimum atomic E-state index is -4.64. The van der Waals surface area contributed by atoms with E-state index in [1.807, 2.05) is 0 Å². The van der Waals surface area contributed by atoms with Crippen molar-refractivity contribution in [1.29, 1.82) is 0 Å². The van der Waals surface area contributed by atoms with Crippen molar-refractivity contribution in [2.75, 3.05) is 0 Å². The highest BCUT2D eigenvalue weighted by Gasteiger charge is 2.40. The Morgan fingerprint density at radius 3 is 2.35 bits per heavy atom. The number of aryl methyl sites for hydroxylation is 1. The van der Waals surface area contributed by atoms with Crippen LogP contribution in [0.4, 0.5) is 13.2 Å². The molecule has 0 aliphatic rings. The fourth-order valence-corrected chi connectivity index (χ4v) is 1.93. The molecule has 0 aromatic heterocycles. The van der Waals surface area contributed by atoms with E-state index in [9.17, 15) is 18.3 Å². The third-order valence-electron chi connectivity index (χ3n) is 2.77. The van der Waals surface area contributed by atoms with Crippen LogP contribution in [0.1, 0.15) is 17.2 Å². The lowest BCUT2D eigenvalue weighted by Crippen LogP contribution is -2.21. The molecule has 0 radical (unpaired) electrons. The summed E-state index contributed by atoms with van der Waals surface area (Å²) in [6.07, 6.45) is -7.08. The van der Waals surface area contributed by atoms with Gasteiger partial charge in [-0.25, -0.2) is 0 Å². The molecule has 0 amide bonds. The van der Waals surface area contributed by atoms with Gasteiger partial charge in [0.2, 0.25) is 0 Å². The van der Waals surface area contributed by atoms with Crippen LogP contribution >= 0.6 is 0 Å². The fraction of sp³-hybridized carbons (Fsp3) is 0.231. The summed E-state index contributed by atoms with van der Waals surface area (Å²) in [5, 5.41) is 10.5. The molecular formula is C13H11F3O. The molecule has 1 atom stereocenters. The second kappa shape index (κ2) is 4.04. The molecule has 0 saturated carbocycles. The van der Waals surface area contributed by atoms with Crippen molar-refractivity contribution in [3.05, 3.63) is 47.5 Å². The number of rotatable bonds is 1. The van der Waals surface area contributed by atoms with Gasteiger partial charge in [-0.15, -0.1) is 0 Å². The van der Waals surface area contributed by atoms with E-state index < -0.39 is 12.3 Å². The summed E-state index contributed by atoms with van der Waals surface area (Å²) < 4.78 is 37.8. The van der Waals surface area contributed by atoms with Gasteiger partial charge in [-0.2, -0.15) is 13.2 Å². The minimum absolute atomic E-state index is 0.0596. The Morgan fingerprint density at radius 1 is 1.06 bits per heavy atom. The Kier molecular flexibility index (Phi) is 2.83. The third kappa shape index (κ3) is 2.13. The maximum absolute atomic E-state index is 12.6. The van der Waals surface area contributed by atoms with Crippen molar-refractivity contribution >= 4 is 10.8 Å². The Hall–Kier alpha value is -1.55. The van der Waals surface area contributed by atoms with Crippen LogP contribution in [0, 0.1) is 6.92 Å². The molecule has 17 heavy (non-hydrogen) atoms. The first-order valence-electron chi connectivity index (χ1n) is 5.14. The first-order chi connectivity index (χ1) is 7.91. The van der Waals surface area contributed by atoms with E-state index >= 15 is 0 Å². The lowest BCUT2D eigenvalue weighted by atomic mass is 9.95. The topological polar surface area (TPSA) is 20.2 Å². The molecule has 0 spiro atoms. The Morgan fingerprint density at radius 2 is 1.71 bits per heavy atom. The molecule has 4 heteroatoms. The van der Waals surface area contributed by atoms with E-state index in [0.29, 0.717) is 16.3 Å². The summed E-state index contributed by atoms with van der Waals surface area (Å²) in [4.78, 5) is 0. The zero-order valence-electron chi connectivity index (χ0n) is 9.12. The molecule has 0 bridgehead atoms. The summed E-state index contributed by atoms with van der Waals surface area (Å²) in [7, 11) is 0. The standard InChI is InChI=1S/C13H11F3O/c1-8-6-7-9-4-2-3-5-10(9)11(8)12(17)13(14,15)16/h2-7,12,17H,1H3. The van der Waals surface area contributed by atoms with E-state index in [4.69, 9.17) is 0 Å². The van der Waals surface area contributed by atoms with Gasteiger partial charge in [0.05, 0.1) is 0 Å². The zero-order chi connectivity index (χ0) is 12.6. The fourth-order valence-electron chi connectivity index (χ4n) is 1.93. The molecule has 90 valence electrons. The van der Waals surface area contributed by atoms with Crippen molar-refractivity contribution in [3.63, 3.8) is 0 Å². The summed E-state index contributed by atoms with van der Waals surface area (Å²) in [6.45, 7) is 1.57. The van der Waals surface area contributed by atoms with Gasteiger partial charge in [-0.1, -0.05) is 36.4 Å². The first-order valence-corrected chi connectivity index (χ1v) is 5.14. The highest BCUT2D eigenvalue weighted by molar-refractivity contribution is 5.87. The molecule has 0 aliphatic carbocycles. The number of hydrogen-bond acceptors (Lipinski definition) is 1. The van der Waals surface area contributed by atoms with E-state index in [0.717, 1.165) is 0 Å². The molecule has 2 aromatic carbocycles. The van der Waals surface area contributed by atoms with Crippen molar-refractivity contribution in [2.24, 2.45) is 0 Å². The van der Waals surface area contributed by atoms with Crippen LogP contribution < -0.4 is 0 Å². The van der Waals surface area contributed by atoms with E-state index in [1.165, 1.54) is 0 Å². The molecule has 1 N–H and O–H groups in total. The highest BCUT2D eigenvalue weighted by atomic mass is 19.4. The predicted molar refractivity (Wildman–Crippen MR) is 59.7 cm³/mol. The molecule has 0 saturated heterocycles. The lowest BCUT2D eigenvalue weighted by Gasteiger charge is -2.19. The predicted octanol–water partition coefficient (Wildman–Crippen LogP) is 3.74. The van der Waals surface area contributed by atoms with Crippen LogP contribution in [0.2, 0.25) is 0 Å². The van der Waals surface area contributed by atoms with Gasteiger partial charge in [0.25, 0.3) is 0 Å². The summed E-state index contributed by atoms with van der Waals surface area (Å²) in [6, 6.07) is 10.1. The van der Waals surface area contributed by atoms with Gasteiger partial charge in [0.15, 0.2) is 6.10 Å². The van der Waals surface area contributed by atoms with Crippen LogP contribution in [0.5, 0.6) is 0 Å². The number of halogens is 3. The number of aliphatic hydroxyl groups excluding tert-OH is 1. The SMILES string of the molecule is Cc1ccc2ccccc2c1C(O)C(F)(F)F. The van der Waals surface area contributed by atoms with Gasteiger partial charge < -0.3 is 5.11 Å². The van der Waals surface area contributed by atoms with Gasteiger partial charge >= 0.3 is 6.18 Å². The normalized spacial score (nSPS) is 13.9. The van der Waals surface area contributed by atoms with Gasteiger partial charge in [-0.3, -0.25) is 0 Å². The van der Waals surface area contributed by atoms with Gasteiger partial charge in [0.1, 0.15) is 0 Å². The van der Waals surface area contributed by atoms with E-state index in [2.05, 4.69) is 0 Å². The van der Waals surface area contributed by atoms with Crippen molar-refractivity contribution in [1.82, 2.24) is 0 Å². The van der Waals surface area contributed by atoms with Gasteiger partial charge in [0, 0.05) is 5.56 Å². The quantitative estimate of drug-likeness (QED) is 0.805. The van der Waals surface area contributed by atoms with Crippen LogP contribution in [-0.4, -0.2) is 11.3 Å². The van der Waals surface area contributed by atoms with Crippen molar-refractivity contribution < 1.29 is 18.3 Å². The highest BCUT2D eigenvalue weighted by Crippen LogP contribution is 2.37. The molecule has 1 unspecified atom stereocenters. The van der Waals surface area contributed by atoms with Crippen LogP contribution in [0.25, 0.3) is 10.8 Å². The molecule has 1 nitrogen and oxygen atoms in total. The Balaban J connectivity index is 2.71. The summed E-state index contributed by atoms with van der Waals surface area (Å²) in [5.41, 5.74) is 0.379. The molecule has 2 aromatic rings. The van der Waals surface area contributed by atoms with Crippen molar-refractivity contribution in [3.8, 4) is 0 Å². The number of benzene rings is 2. The van der Waals surface area contributed by atoms with E-state index in [1.54, 1.807) is 43.3 Å². The van der Waals surface area contributed by atoms with Crippen LogP contribution in [0.3, 0.4) is 0 Å². The number of hydrogen-bond donors (Lipinski definition) is 1. The number of alkyl halides is 3. The number of fused-ring (bicyclic) bond motifs is 1. The largest absolute Gasteiger partial charge is 0.418 e. The molecular weight excluding hydrogens is 229 g/mol. The second-order valence-electron chi connectivity index (χ2n) is 3.96. The average molecular weight is 240 g/mol.